The van der Waals surface area contributed by atoms with Crippen LogP contribution in [-0.4, -0.2) is 37.7 Å². The van der Waals surface area contributed by atoms with Crippen LogP contribution < -0.4 is 25.0 Å². The topological polar surface area (TPSA) is 115 Å². The highest BCUT2D eigenvalue weighted by Crippen LogP contribution is 2.28. The van der Waals surface area contributed by atoms with Crippen LogP contribution in [0.2, 0.25) is 5.02 Å². The van der Waals surface area contributed by atoms with Gasteiger partial charge < -0.3 is 19.5 Å². The lowest BCUT2D eigenvalue weighted by Gasteiger charge is -2.11. The number of rotatable bonds is 7. The van der Waals surface area contributed by atoms with Gasteiger partial charge in [-0.1, -0.05) is 17.7 Å². The Kier molecular flexibility index (Phi) is 8.42. The van der Waals surface area contributed by atoms with Gasteiger partial charge >= 0.3 is 17.8 Å². The number of anilines is 1. The lowest BCUT2D eigenvalue weighted by atomic mass is 10.1. The number of ether oxygens (including phenoxy) is 3. The van der Waals surface area contributed by atoms with Crippen molar-refractivity contribution < 1.29 is 28.6 Å². The van der Waals surface area contributed by atoms with E-state index in [1.165, 1.54) is 26.4 Å². The summed E-state index contributed by atoms with van der Waals surface area (Å²) in [5.74, 6) is -1.28. The molecule has 0 atom stereocenters. The van der Waals surface area contributed by atoms with E-state index in [4.69, 9.17) is 25.8 Å². The molecule has 0 unspecified atom stereocenters. The minimum atomic E-state index is -0.971. The number of nitrogens with zero attached hydrogens (tertiary/aromatic N) is 1. The fourth-order valence-corrected chi connectivity index (χ4v) is 3.08. The molecule has 3 rings (SSSR count). The summed E-state index contributed by atoms with van der Waals surface area (Å²) in [5, 5.41) is 6.85. The third kappa shape index (κ3) is 6.81. The first kappa shape index (κ1) is 25.3. The van der Waals surface area contributed by atoms with Crippen molar-refractivity contribution >= 4 is 40.8 Å². The second kappa shape index (κ2) is 11.7. The molecule has 2 N–H and O–H groups in total. The van der Waals surface area contributed by atoms with Gasteiger partial charge in [0.05, 0.1) is 31.2 Å². The first-order valence-corrected chi connectivity index (χ1v) is 10.6. The molecule has 3 aromatic rings. The van der Waals surface area contributed by atoms with Gasteiger partial charge in [-0.3, -0.25) is 9.59 Å². The molecule has 0 aliphatic rings. The van der Waals surface area contributed by atoms with Crippen LogP contribution in [0.5, 0.6) is 17.2 Å². The van der Waals surface area contributed by atoms with E-state index in [2.05, 4.69) is 15.8 Å². The maximum absolute atomic E-state index is 12.3. The summed E-state index contributed by atoms with van der Waals surface area (Å²) in [7, 11) is 2.92. The number of carbonyl (C=O) groups is 3. The van der Waals surface area contributed by atoms with Crippen LogP contribution in [-0.2, 0) is 9.59 Å². The lowest BCUT2D eigenvalue weighted by molar-refractivity contribution is -0.136. The highest BCUT2D eigenvalue weighted by atomic mass is 35.5. The number of nitrogens with one attached hydrogen (secondary N) is 2. The van der Waals surface area contributed by atoms with Gasteiger partial charge in [0.1, 0.15) is 17.2 Å². The van der Waals surface area contributed by atoms with Gasteiger partial charge in [0, 0.05) is 11.1 Å². The van der Waals surface area contributed by atoms with Crippen molar-refractivity contribution in [2.45, 2.75) is 6.92 Å². The molecule has 0 aliphatic heterocycles. The van der Waals surface area contributed by atoms with Crippen molar-refractivity contribution in [3.8, 4) is 17.2 Å². The molecule has 0 spiro atoms. The third-order valence-electron chi connectivity index (χ3n) is 4.73. The maximum atomic E-state index is 12.3. The van der Waals surface area contributed by atoms with Crippen molar-refractivity contribution in [3.05, 3.63) is 82.9 Å². The van der Waals surface area contributed by atoms with Gasteiger partial charge in [0.25, 0.3) is 0 Å². The molecule has 10 heteroatoms. The summed E-state index contributed by atoms with van der Waals surface area (Å²) in [6, 6.07) is 17.7. The van der Waals surface area contributed by atoms with E-state index < -0.39 is 17.8 Å². The van der Waals surface area contributed by atoms with E-state index in [0.29, 0.717) is 39.1 Å². The number of hydrogen-bond donors (Lipinski definition) is 2. The summed E-state index contributed by atoms with van der Waals surface area (Å²) in [6.07, 6.45) is 0. The molecule has 2 amide bonds. The van der Waals surface area contributed by atoms with Gasteiger partial charge in [0.2, 0.25) is 0 Å². The van der Waals surface area contributed by atoms with Crippen LogP contribution in [0.25, 0.3) is 0 Å². The van der Waals surface area contributed by atoms with E-state index in [0.717, 1.165) is 0 Å². The largest absolute Gasteiger partial charge is 0.497 e. The average molecular weight is 496 g/mol. The van der Waals surface area contributed by atoms with Crippen LogP contribution in [0, 0.1) is 0 Å². The van der Waals surface area contributed by atoms with Gasteiger partial charge in [-0.15, -0.1) is 0 Å². The van der Waals surface area contributed by atoms with E-state index in [9.17, 15) is 14.4 Å². The number of esters is 1. The van der Waals surface area contributed by atoms with E-state index >= 15 is 0 Å². The Morgan fingerprint density at radius 2 is 1.54 bits per heavy atom. The van der Waals surface area contributed by atoms with Crippen LogP contribution in [0.4, 0.5) is 5.69 Å². The lowest BCUT2D eigenvalue weighted by Crippen LogP contribution is -2.33. The smallest absolute Gasteiger partial charge is 0.343 e. The first-order valence-electron chi connectivity index (χ1n) is 10.3. The Bertz CT molecular complexity index is 1270. The zero-order valence-electron chi connectivity index (χ0n) is 19.1. The predicted molar refractivity (Wildman–Crippen MR) is 131 cm³/mol. The molecule has 0 fully saturated rings. The van der Waals surface area contributed by atoms with Crippen molar-refractivity contribution in [2.24, 2.45) is 5.10 Å². The van der Waals surface area contributed by atoms with E-state index in [1.54, 1.807) is 61.5 Å². The van der Waals surface area contributed by atoms with Gasteiger partial charge in [-0.05, 0) is 67.1 Å². The number of benzene rings is 3. The summed E-state index contributed by atoms with van der Waals surface area (Å²) < 4.78 is 15.6. The fourth-order valence-electron chi connectivity index (χ4n) is 2.89. The molecule has 0 aliphatic carbocycles. The number of methoxy groups -OCH3 is 2. The van der Waals surface area contributed by atoms with Crippen molar-refractivity contribution in [2.75, 3.05) is 19.5 Å². The zero-order chi connectivity index (χ0) is 25.4. The molecule has 180 valence electrons. The fraction of sp³-hybridized carbons (Fsp3) is 0.120. The monoisotopic (exact) mass is 495 g/mol. The summed E-state index contributed by atoms with van der Waals surface area (Å²) in [6.45, 7) is 1.65. The summed E-state index contributed by atoms with van der Waals surface area (Å²) in [4.78, 5) is 36.7. The molecule has 9 nitrogen and oxygen atoms in total. The number of halogens is 1. The highest BCUT2D eigenvalue weighted by molar-refractivity contribution is 6.39. The molecule has 3 aromatic carbocycles. The molecule has 0 saturated heterocycles. The Morgan fingerprint density at radius 1 is 0.829 bits per heavy atom. The van der Waals surface area contributed by atoms with Crippen LogP contribution in [0.3, 0.4) is 0 Å². The van der Waals surface area contributed by atoms with Crippen LogP contribution in [0.15, 0.2) is 71.8 Å². The molecule has 0 saturated carbocycles. The standard InChI is InChI=1S/C25H22ClN3O6/c1-15(16-7-9-19(10-8-16)35-25(32)17-5-4-6-18(26)13-17)28-29-24(31)23(30)27-21-14-20(33-2)11-12-22(21)34-3/h4-14H,1-3H3,(H,27,30)(H,29,31)/b28-15+. The van der Waals surface area contributed by atoms with Crippen LogP contribution >= 0.6 is 11.6 Å². The molecule has 0 radical (unpaired) electrons. The van der Waals surface area contributed by atoms with Gasteiger partial charge in [-0.2, -0.15) is 5.10 Å². The van der Waals surface area contributed by atoms with Crippen LogP contribution in [0.1, 0.15) is 22.8 Å². The van der Waals surface area contributed by atoms with Gasteiger partial charge in [0.15, 0.2) is 0 Å². The minimum absolute atomic E-state index is 0.274. The Balaban J connectivity index is 1.60. The summed E-state index contributed by atoms with van der Waals surface area (Å²) in [5.41, 5.74) is 3.88. The molecule has 35 heavy (non-hydrogen) atoms. The van der Waals surface area contributed by atoms with Crippen molar-refractivity contribution in [1.82, 2.24) is 5.43 Å². The van der Waals surface area contributed by atoms with E-state index in [-0.39, 0.29) is 5.69 Å². The normalized spacial score (nSPS) is 10.8. The SMILES string of the molecule is COc1ccc(OC)c(NC(=O)C(=O)N/N=C(\C)c2ccc(OC(=O)c3cccc(Cl)c3)cc2)c1. The molecular weight excluding hydrogens is 474 g/mol. The predicted octanol–water partition coefficient (Wildman–Crippen LogP) is 4.06. The van der Waals surface area contributed by atoms with Crippen molar-refractivity contribution in [3.63, 3.8) is 0 Å². The number of hydrazone groups is 1. The number of amides is 2. The number of hydrogen-bond acceptors (Lipinski definition) is 7. The van der Waals surface area contributed by atoms with Crippen molar-refractivity contribution in [1.29, 1.82) is 0 Å². The summed E-state index contributed by atoms with van der Waals surface area (Å²) >= 11 is 5.90. The highest BCUT2D eigenvalue weighted by Gasteiger charge is 2.16. The maximum Gasteiger partial charge on any atom is 0.343 e. The third-order valence-corrected chi connectivity index (χ3v) is 4.96. The Labute approximate surface area is 206 Å². The molecule has 0 aromatic heterocycles. The second-order valence-electron chi connectivity index (χ2n) is 7.08. The average Bonchev–Trinajstić information content (AvgIpc) is 2.87. The quantitative estimate of drug-likeness (QED) is 0.168. The number of carbonyl (C=O) groups excluding carboxylic acids is 3. The second-order valence-corrected chi connectivity index (χ2v) is 7.52. The Hall–Kier alpha value is -4.37. The minimum Gasteiger partial charge on any atom is -0.497 e. The Morgan fingerprint density at radius 3 is 2.20 bits per heavy atom. The molecule has 0 bridgehead atoms. The van der Waals surface area contributed by atoms with Gasteiger partial charge in [-0.25, -0.2) is 10.2 Å². The zero-order valence-corrected chi connectivity index (χ0v) is 19.9. The van der Waals surface area contributed by atoms with E-state index in [1.807, 2.05) is 0 Å². The molecule has 0 heterocycles. The first-order chi connectivity index (χ1) is 16.8. The molecular formula is C25H22ClN3O6.